The highest BCUT2D eigenvalue weighted by molar-refractivity contribution is 5.81. The first kappa shape index (κ1) is 12.6. The lowest BCUT2D eigenvalue weighted by atomic mass is 10.1. The maximum absolute atomic E-state index is 5.88. The van der Waals surface area contributed by atoms with E-state index in [2.05, 4.69) is 42.0 Å². The lowest BCUT2D eigenvalue weighted by Gasteiger charge is -2.11. The summed E-state index contributed by atoms with van der Waals surface area (Å²) in [6.45, 7) is 2.86. The molecule has 3 aromatic rings. The molecule has 3 nitrogen and oxygen atoms in total. The summed E-state index contributed by atoms with van der Waals surface area (Å²) in [5.74, 6) is 0.869. The Hall–Kier alpha value is -2.42. The van der Waals surface area contributed by atoms with Crippen LogP contribution in [0.3, 0.4) is 0 Å². The van der Waals surface area contributed by atoms with Crippen molar-refractivity contribution >= 4 is 16.6 Å². The molecule has 0 spiro atoms. The van der Waals surface area contributed by atoms with Gasteiger partial charge in [-0.3, -0.25) is 0 Å². The molecule has 0 aliphatic carbocycles. The number of ether oxygens (including phenoxy) is 1. The number of nitrogen functional groups attached to an aromatic ring is 1. The van der Waals surface area contributed by atoms with Gasteiger partial charge in [0, 0.05) is 23.0 Å². The third-order valence-electron chi connectivity index (χ3n) is 3.57. The molecule has 0 saturated carbocycles. The first-order chi connectivity index (χ1) is 9.67. The number of nitrogens with zero attached hydrogens (tertiary/aromatic N) is 1. The van der Waals surface area contributed by atoms with Crippen molar-refractivity contribution in [1.29, 1.82) is 0 Å². The molecule has 0 aliphatic heterocycles. The summed E-state index contributed by atoms with van der Waals surface area (Å²) < 4.78 is 7.63. The highest BCUT2D eigenvalue weighted by Gasteiger charge is 2.07. The monoisotopic (exact) mass is 266 g/mol. The predicted octanol–water partition coefficient (Wildman–Crippen LogP) is 3.59. The minimum absolute atomic E-state index is 0.751. The third-order valence-corrected chi connectivity index (χ3v) is 3.57. The Balaban J connectivity index is 2.03. The van der Waals surface area contributed by atoms with E-state index in [9.17, 15) is 0 Å². The Labute approximate surface area is 118 Å². The van der Waals surface area contributed by atoms with Gasteiger partial charge in [0.25, 0.3) is 0 Å². The van der Waals surface area contributed by atoms with Gasteiger partial charge in [-0.15, -0.1) is 0 Å². The van der Waals surface area contributed by atoms with Crippen LogP contribution in [0.4, 0.5) is 5.69 Å². The number of nitrogens with two attached hydrogens (primary N) is 1. The molecule has 102 valence electrons. The molecule has 1 heterocycles. The smallest absolute Gasteiger partial charge is 0.124 e. The van der Waals surface area contributed by atoms with Crippen LogP contribution >= 0.6 is 0 Å². The van der Waals surface area contributed by atoms with E-state index in [4.69, 9.17) is 10.5 Å². The molecular weight excluding hydrogens is 248 g/mol. The molecule has 0 unspecified atom stereocenters. The van der Waals surface area contributed by atoms with Crippen LogP contribution in [-0.2, 0) is 6.54 Å². The van der Waals surface area contributed by atoms with E-state index in [0.717, 1.165) is 23.5 Å². The normalized spacial score (nSPS) is 10.9. The van der Waals surface area contributed by atoms with Crippen LogP contribution in [0.5, 0.6) is 5.75 Å². The first-order valence-corrected chi connectivity index (χ1v) is 6.65. The molecule has 1 aromatic heterocycles. The van der Waals surface area contributed by atoms with Gasteiger partial charge in [0.1, 0.15) is 5.75 Å². The van der Waals surface area contributed by atoms with Crippen LogP contribution in [0.25, 0.3) is 10.9 Å². The largest absolute Gasteiger partial charge is 0.496 e. The zero-order valence-corrected chi connectivity index (χ0v) is 11.8. The van der Waals surface area contributed by atoms with Crippen molar-refractivity contribution in [3.63, 3.8) is 0 Å². The number of aromatic nitrogens is 1. The number of benzene rings is 2. The molecule has 0 amide bonds. The van der Waals surface area contributed by atoms with Crippen molar-refractivity contribution in [2.24, 2.45) is 0 Å². The predicted molar refractivity (Wildman–Crippen MR) is 83.2 cm³/mol. The van der Waals surface area contributed by atoms with E-state index in [0.29, 0.717) is 0 Å². The second-order valence-corrected chi connectivity index (χ2v) is 5.08. The Morgan fingerprint density at radius 2 is 1.95 bits per heavy atom. The zero-order valence-electron chi connectivity index (χ0n) is 11.8. The summed E-state index contributed by atoms with van der Waals surface area (Å²) >= 11 is 0. The van der Waals surface area contributed by atoms with E-state index in [1.165, 1.54) is 16.5 Å². The third kappa shape index (κ3) is 2.23. The first-order valence-electron chi connectivity index (χ1n) is 6.65. The van der Waals surface area contributed by atoms with E-state index in [1.54, 1.807) is 7.11 Å². The molecule has 20 heavy (non-hydrogen) atoms. The summed E-state index contributed by atoms with van der Waals surface area (Å²) in [6.07, 6.45) is 2.10. The number of rotatable bonds is 3. The van der Waals surface area contributed by atoms with Gasteiger partial charge in [0.2, 0.25) is 0 Å². The number of methoxy groups -OCH3 is 1. The van der Waals surface area contributed by atoms with Crippen molar-refractivity contribution in [2.45, 2.75) is 13.5 Å². The molecule has 2 aromatic carbocycles. The van der Waals surface area contributed by atoms with Crippen LogP contribution in [0.1, 0.15) is 11.1 Å². The molecule has 0 radical (unpaired) electrons. The topological polar surface area (TPSA) is 40.2 Å². The highest BCUT2D eigenvalue weighted by atomic mass is 16.5. The minimum Gasteiger partial charge on any atom is -0.496 e. The van der Waals surface area contributed by atoms with Gasteiger partial charge < -0.3 is 15.0 Å². The molecule has 0 fully saturated rings. The number of hydrogen-bond donors (Lipinski definition) is 1. The van der Waals surface area contributed by atoms with Crippen LogP contribution in [0, 0.1) is 6.92 Å². The quantitative estimate of drug-likeness (QED) is 0.736. The van der Waals surface area contributed by atoms with Gasteiger partial charge in [-0.1, -0.05) is 11.6 Å². The lowest BCUT2D eigenvalue weighted by molar-refractivity contribution is 0.408. The van der Waals surface area contributed by atoms with Crippen LogP contribution in [-0.4, -0.2) is 11.7 Å². The van der Waals surface area contributed by atoms with Crippen molar-refractivity contribution in [3.05, 3.63) is 59.8 Å². The van der Waals surface area contributed by atoms with Gasteiger partial charge >= 0.3 is 0 Å². The van der Waals surface area contributed by atoms with Gasteiger partial charge in [0.15, 0.2) is 0 Å². The van der Waals surface area contributed by atoms with E-state index in [-0.39, 0.29) is 0 Å². The maximum atomic E-state index is 5.88. The second kappa shape index (κ2) is 4.93. The van der Waals surface area contributed by atoms with Gasteiger partial charge in [0.05, 0.1) is 13.7 Å². The summed E-state index contributed by atoms with van der Waals surface area (Å²) in [4.78, 5) is 0. The second-order valence-electron chi connectivity index (χ2n) is 5.08. The summed E-state index contributed by atoms with van der Waals surface area (Å²) in [5, 5.41) is 1.26. The van der Waals surface area contributed by atoms with Crippen molar-refractivity contribution < 1.29 is 4.74 Å². The summed E-state index contributed by atoms with van der Waals surface area (Å²) in [7, 11) is 1.69. The Bertz CT molecular complexity index is 759. The fourth-order valence-corrected chi connectivity index (χ4v) is 2.56. The zero-order chi connectivity index (χ0) is 14.1. The molecule has 0 bridgehead atoms. The summed E-state index contributed by atoms with van der Waals surface area (Å²) in [5.41, 5.74) is 10.2. The van der Waals surface area contributed by atoms with Crippen molar-refractivity contribution in [2.75, 3.05) is 12.8 Å². The SMILES string of the molecule is COc1ccc(N)cc1Cn1ccc2cc(C)ccc21. The van der Waals surface area contributed by atoms with Gasteiger partial charge in [-0.2, -0.15) is 0 Å². The molecule has 0 atom stereocenters. The summed E-state index contributed by atoms with van der Waals surface area (Å²) in [6, 6.07) is 14.4. The van der Waals surface area contributed by atoms with Gasteiger partial charge in [-0.05, 0) is 48.7 Å². The maximum Gasteiger partial charge on any atom is 0.124 e. The number of anilines is 1. The fraction of sp³-hybridized carbons (Fsp3) is 0.176. The highest BCUT2D eigenvalue weighted by Crippen LogP contribution is 2.25. The molecule has 3 rings (SSSR count). The number of fused-ring (bicyclic) bond motifs is 1. The average molecular weight is 266 g/mol. The number of hydrogen-bond acceptors (Lipinski definition) is 2. The Morgan fingerprint density at radius 3 is 2.75 bits per heavy atom. The van der Waals surface area contributed by atoms with Crippen LogP contribution in [0.15, 0.2) is 48.7 Å². The molecule has 0 aliphatic rings. The standard InChI is InChI=1S/C17H18N2O/c1-12-3-5-16-13(9-12)7-8-19(16)11-14-10-15(18)4-6-17(14)20-2/h3-10H,11,18H2,1-2H3. The number of aryl methyl sites for hydroxylation is 1. The molecule has 2 N–H and O–H groups in total. The molecule has 0 saturated heterocycles. The van der Waals surface area contributed by atoms with Gasteiger partial charge in [-0.25, -0.2) is 0 Å². The average Bonchev–Trinajstić information content (AvgIpc) is 2.81. The Kier molecular flexibility index (Phi) is 3.11. The Morgan fingerprint density at radius 1 is 1.10 bits per heavy atom. The minimum atomic E-state index is 0.751. The molecule has 3 heteroatoms. The van der Waals surface area contributed by atoms with Crippen molar-refractivity contribution in [1.82, 2.24) is 4.57 Å². The molecular formula is C17H18N2O. The van der Waals surface area contributed by atoms with Crippen molar-refractivity contribution in [3.8, 4) is 5.75 Å². The van der Waals surface area contributed by atoms with E-state index >= 15 is 0 Å². The van der Waals surface area contributed by atoms with E-state index in [1.807, 2.05) is 18.2 Å². The fourth-order valence-electron chi connectivity index (χ4n) is 2.56. The van der Waals surface area contributed by atoms with Crippen LogP contribution < -0.4 is 10.5 Å². The lowest BCUT2D eigenvalue weighted by Crippen LogP contribution is -2.01. The van der Waals surface area contributed by atoms with Crippen LogP contribution in [0.2, 0.25) is 0 Å². The van der Waals surface area contributed by atoms with E-state index < -0.39 is 0 Å².